The molecule has 1 unspecified atom stereocenters. The van der Waals surface area contributed by atoms with Gasteiger partial charge in [-0.3, -0.25) is 9.97 Å². The van der Waals surface area contributed by atoms with Crippen molar-refractivity contribution in [2.24, 2.45) is 0 Å². The minimum atomic E-state index is -0.197. The predicted octanol–water partition coefficient (Wildman–Crippen LogP) is 10.4. The third-order valence-corrected chi connectivity index (χ3v) is 10.5. The average molecular weight is 617 g/mol. The second kappa shape index (κ2) is 10.00. The van der Waals surface area contributed by atoms with Crippen molar-refractivity contribution in [3.8, 4) is 11.1 Å². The molecular weight excluding hydrogens is 585 g/mol. The summed E-state index contributed by atoms with van der Waals surface area (Å²) in [6.07, 6.45) is 8.25. The normalized spacial score (nSPS) is 16.5. The molecule has 10 rings (SSSR count). The number of para-hydroxylation sites is 1. The van der Waals surface area contributed by atoms with Gasteiger partial charge in [0.25, 0.3) is 0 Å². The molecule has 4 heterocycles. The molecule has 2 aliphatic rings. The van der Waals surface area contributed by atoms with Crippen LogP contribution < -0.4 is 5.32 Å². The molecule has 4 nitrogen and oxygen atoms in total. The van der Waals surface area contributed by atoms with Gasteiger partial charge in [-0.05, 0) is 98.4 Å². The quantitative estimate of drug-likeness (QED) is 0.201. The lowest BCUT2D eigenvalue weighted by atomic mass is 9.79. The lowest BCUT2D eigenvalue weighted by molar-refractivity contribution is 0.667. The van der Waals surface area contributed by atoms with Gasteiger partial charge in [0.15, 0.2) is 0 Å². The molecular formula is C44H32N4. The SMILES string of the molecule is CC1(C)c2cc3c(cc2-c2c1c1ccccc1c1ccccc21)c1ccccc1n3C1=CC(c2ccccn2)NC(c2ccccn2)=C1. The van der Waals surface area contributed by atoms with Crippen LogP contribution in [-0.4, -0.2) is 14.5 Å². The maximum absolute atomic E-state index is 4.75. The molecule has 4 heteroatoms. The number of hydrogen-bond acceptors (Lipinski definition) is 3. The van der Waals surface area contributed by atoms with E-state index in [0.717, 1.165) is 22.8 Å². The molecule has 0 bridgehead atoms. The van der Waals surface area contributed by atoms with Gasteiger partial charge in [0.2, 0.25) is 0 Å². The van der Waals surface area contributed by atoms with Gasteiger partial charge in [-0.1, -0.05) is 92.7 Å². The fourth-order valence-electron chi connectivity index (χ4n) is 8.37. The Bertz CT molecular complexity index is 2660. The molecule has 0 saturated carbocycles. The van der Waals surface area contributed by atoms with Gasteiger partial charge in [0.05, 0.1) is 34.2 Å². The van der Waals surface area contributed by atoms with Crippen LogP contribution in [0.4, 0.5) is 0 Å². The van der Waals surface area contributed by atoms with Gasteiger partial charge in [0, 0.05) is 34.3 Å². The monoisotopic (exact) mass is 616 g/mol. The van der Waals surface area contributed by atoms with E-state index in [-0.39, 0.29) is 11.5 Å². The van der Waals surface area contributed by atoms with Gasteiger partial charge in [-0.15, -0.1) is 0 Å². The standard InChI is InChI=1S/C44H32N4/c1-44(2)35-26-41-33(25-34(35)42-31-16-5-3-13-28(31)29-14-4-6-17-32(29)43(42)44)30-15-7-8-20-40(30)48(41)27-23-38(36-18-9-11-21-45-36)47-39(24-27)37-19-10-12-22-46-37/h3-26,38,47H,1-2H3. The Morgan fingerprint density at radius 1 is 0.625 bits per heavy atom. The van der Waals surface area contributed by atoms with Crippen molar-refractivity contribution in [2.75, 3.05) is 0 Å². The van der Waals surface area contributed by atoms with Crippen LogP contribution in [0.15, 0.2) is 146 Å². The Morgan fingerprint density at radius 2 is 1.29 bits per heavy atom. The van der Waals surface area contributed by atoms with E-state index in [1.165, 1.54) is 65.6 Å². The number of aromatic nitrogens is 3. The van der Waals surface area contributed by atoms with E-state index < -0.39 is 0 Å². The summed E-state index contributed by atoms with van der Waals surface area (Å²) in [6, 6.07) is 43.7. The van der Waals surface area contributed by atoms with Gasteiger partial charge < -0.3 is 9.88 Å². The van der Waals surface area contributed by atoms with Crippen LogP contribution in [0.2, 0.25) is 0 Å². The molecule has 1 atom stereocenters. The molecule has 48 heavy (non-hydrogen) atoms. The van der Waals surface area contributed by atoms with Gasteiger partial charge in [-0.25, -0.2) is 0 Å². The fraction of sp³-hybridized carbons (Fsp3) is 0.0909. The van der Waals surface area contributed by atoms with Crippen LogP contribution in [0.1, 0.15) is 42.4 Å². The van der Waals surface area contributed by atoms with Crippen molar-refractivity contribution in [3.05, 3.63) is 168 Å². The first-order chi connectivity index (χ1) is 23.6. The summed E-state index contributed by atoms with van der Waals surface area (Å²) in [4.78, 5) is 9.47. The van der Waals surface area contributed by atoms with Crippen LogP contribution in [-0.2, 0) is 5.41 Å². The third kappa shape index (κ3) is 3.77. The maximum atomic E-state index is 4.75. The van der Waals surface area contributed by atoms with Crippen molar-refractivity contribution in [1.82, 2.24) is 19.9 Å². The predicted molar refractivity (Wildman–Crippen MR) is 199 cm³/mol. The molecule has 1 aliphatic carbocycles. The summed E-state index contributed by atoms with van der Waals surface area (Å²) in [5.74, 6) is 0. The van der Waals surface area contributed by atoms with E-state index in [4.69, 9.17) is 9.97 Å². The number of allylic oxidation sites excluding steroid dienone is 2. The number of rotatable bonds is 3. The zero-order valence-corrected chi connectivity index (χ0v) is 26.8. The van der Waals surface area contributed by atoms with Crippen LogP contribution in [0.3, 0.4) is 0 Å². The van der Waals surface area contributed by atoms with Crippen LogP contribution in [0, 0.1) is 0 Å². The zero-order valence-electron chi connectivity index (χ0n) is 26.8. The second-order valence-corrected chi connectivity index (χ2v) is 13.5. The highest BCUT2D eigenvalue weighted by atomic mass is 15.0. The van der Waals surface area contributed by atoms with Crippen molar-refractivity contribution in [1.29, 1.82) is 0 Å². The average Bonchev–Trinajstić information content (AvgIpc) is 3.59. The number of nitrogens with one attached hydrogen (secondary N) is 1. The molecule has 0 amide bonds. The van der Waals surface area contributed by atoms with E-state index in [0.29, 0.717) is 0 Å². The molecule has 8 aromatic rings. The lowest BCUT2D eigenvalue weighted by Gasteiger charge is -2.26. The Balaban J connectivity index is 1.28. The summed E-state index contributed by atoms with van der Waals surface area (Å²) in [5.41, 5.74) is 11.6. The van der Waals surface area contributed by atoms with E-state index >= 15 is 0 Å². The Kier molecular flexibility index (Phi) is 5.65. The minimum Gasteiger partial charge on any atom is -0.371 e. The van der Waals surface area contributed by atoms with Gasteiger partial charge in [0.1, 0.15) is 0 Å². The molecule has 1 N–H and O–H groups in total. The smallest absolute Gasteiger partial charge is 0.0893 e. The summed E-state index contributed by atoms with van der Waals surface area (Å²) in [5, 5.41) is 11.5. The number of benzene rings is 5. The molecule has 0 radical (unpaired) electrons. The first-order valence-corrected chi connectivity index (χ1v) is 16.6. The Morgan fingerprint density at radius 3 is 2.04 bits per heavy atom. The van der Waals surface area contributed by atoms with Crippen LogP contribution in [0.25, 0.3) is 65.9 Å². The largest absolute Gasteiger partial charge is 0.371 e. The first kappa shape index (κ1) is 27.1. The molecule has 228 valence electrons. The van der Waals surface area contributed by atoms with E-state index in [1.54, 1.807) is 0 Å². The molecule has 5 aromatic carbocycles. The fourth-order valence-corrected chi connectivity index (χ4v) is 8.37. The van der Waals surface area contributed by atoms with Crippen molar-refractivity contribution < 1.29 is 0 Å². The van der Waals surface area contributed by atoms with Crippen molar-refractivity contribution in [2.45, 2.75) is 25.3 Å². The molecule has 3 aromatic heterocycles. The molecule has 0 spiro atoms. The number of fused-ring (bicyclic) bond motifs is 11. The summed E-state index contributed by atoms with van der Waals surface area (Å²) in [6.45, 7) is 4.80. The van der Waals surface area contributed by atoms with Gasteiger partial charge in [-0.2, -0.15) is 0 Å². The van der Waals surface area contributed by atoms with E-state index in [9.17, 15) is 0 Å². The topological polar surface area (TPSA) is 42.7 Å². The van der Waals surface area contributed by atoms with Crippen molar-refractivity contribution in [3.63, 3.8) is 0 Å². The summed E-state index contributed by atoms with van der Waals surface area (Å²) >= 11 is 0. The maximum Gasteiger partial charge on any atom is 0.0893 e. The third-order valence-electron chi connectivity index (χ3n) is 10.5. The Labute approximate surface area is 278 Å². The zero-order chi connectivity index (χ0) is 32.0. The van der Waals surface area contributed by atoms with Gasteiger partial charge >= 0.3 is 0 Å². The first-order valence-electron chi connectivity index (χ1n) is 16.6. The highest BCUT2D eigenvalue weighted by Gasteiger charge is 2.39. The number of pyridine rings is 2. The number of hydrogen-bond donors (Lipinski definition) is 1. The lowest BCUT2D eigenvalue weighted by Crippen LogP contribution is -2.24. The molecule has 1 aliphatic heterocycles. The Hall–Kier alpha value is -6.00. The van der Waals surface area contributed by atoms with Crippen LogP contribution in [0.5, 0.6) is 0 Å². The highest BCUT2D eigenvalue weighted by Crippen LogP contribution is 2.56. The minimum absolute atomic E-state index is 0.118. The number of nitrogens with zero attached hydrogens (tertiary/aromatic N) is 3. The second-order valence-electron chi connectivity index (χ2n) is 13.5. The number of dihydropyridines is 1. The molecule has 0 saturated heterocycles. The summed E-state index contributed by atoms with van der Waals surface area (Å²) < 4.78 is 2.44. The van der Waals surface area contributed by atoms with E-state index in [1.807, 2.05) is 36.7 Å². The van der Waals surface area contributed by atoms with Crippen LogP contribution >= 0.6 is 0 Å². The molecule has 0 fully saturated rings. The van der Waals surface area contributed by atoms with Crippen molar-refractivity contribution >= 4 is 54.7 Å². The highest BCUT2D eigenvalue weighted by molar-refractivity contribution is 6.20. The summed E-state index contributed by atoms with van der Waals surface area (Å²) in [7, 11) is 0. The van der Waals surface area contributed by atoms with E-state index in [2.05, 4.69) is 133 Å².